The van der Waals surface area contributed by atoms with Crippen molar-refractivity contribution in [3.05, 3.63) is 59.4 Å². The van der Waals surface area contributed by atoms with E-state index in [2.05, 4.69) is 5.32 Å². The number of carbonyl (C=O) groups excluding carboxylic acids is 2. The molecule has 0 saturated carbocycles. The smallest absolute Gasteiger partial charge is 0.258 e. The fraction of sp³-hybridized carbons (Fsp3) is 0.176. The third-order valence-corrected chi connectivity index (χ3v) is 3.09. The Morgan fingerprint density at radius 2 is 1.91 bits per heavy atom. The van der Waals surface area contributed by atoms with Gasteiger partial charge in [0.05, 0.1) is 7.11 Å². The summed E-state index contributed by atoms with van der Waals surface area (Å²) in [4.78, 5) is 22.5. The topological polar surface area (TPSA) is 64.6 Å². The Labute approximate surface area is 133 Å². The van der Waals surface area contributed by atoms with E-state index >= 15 is 0 Å². The highest BCUT2D eigenvalue weighted by Gasteiger charge is 2.08. The lowest BCUT2D eigenvalue weighted by atomic mass is 10.2. The first-order valence-electron chi connectivity index (χ1n) is 6.89. The highest BCUT2D eigenvalue weighted by Crippen LogP contribution is 2.27. The third kappa shape index (κ3) is 4.81. The summed E-state index contributed by atoms with van der Waals surface area (Å²) in [6.45, 7) is 0.0850. The standard InChI is InChI=1S/C17H16FNO4/c1-22-16-8-13(10-20)4-7-15(16)23-11-17(21)19-9-12-2-5-14(18)6-3-12/h2-8,10H,9,11H2,1H3,(H,19,21). The molecule has 2 rings (SSSR count). The second-order valence-corrected chi connectivity index (χ2v) is 4.72. The number of ether oxygens (including phenoxy) is 2. The van der Waals surface area contributed by atoms with E-state index in [1.165, 1.54) is 25.3 Å². The molecule has 0 unspecified atom stereocenters. The minimum absolute atomic E-state index is 0.196. The SMILES string of the molecule is COc1cc(C=O)ccc1OCC(=O)NCc1ccc(F)cc1. The van der Waals surface area contributed by atoms with Crippen molar-refractivity contribution < 1.29 is 23.5 Å². The summed E-state index contributed by atoms with van der Waals surface area (Å²) in [6, 6.07) is 10.5. The number of amides is 1. The summed E-state index contributed by atoms with van der Waals surface area (Å²) in [5.74, 6) is 0.0982. The van der Waals surface area contributed by atoms with Crippen molar-refractivity contribution >= 4 is 12.2 Å². The first-order valence-corrected chi connectivity index (χ1v) is 6.89. The van der Waals surface area contributed by atoms with Gasteiger partial charge in [0.25, 0.3) is 5.91 Å². The van der Waals surface area contributed by atoms with Crippen molar-refractivity contribution in [2.24, 2.45) is 0 Å². The van der Waals surface area contributed by atoms with Gasteiger partial charge < -0.3 is 14.8 Å². The molecule has 2 aromatic rings. The Bertz CT molecular complexity index is 685. The number of aldehydes is 1. The fourth-order valence-electron chi connectivity index (χ4n) is 1.87. The summed E-state index contributed by atoms with van der Waals surface area (Å²) in [5, 5.41) is 2.67. The van der Waals surface area contributed by atoms with Crippen LogP contribution in [0.15, 0.2) is 42.5 Å². The number of benzene rings is 2. The number of methoxy groups -OCH3 is 1. The van der Waals surface area contributed by atoms with Crippen molar-refractivity contribution in [1.29, 1.82) is 0 Å². The molecular weight excluding hydrogens is 301 g/mol. The number of nitrogens with one attached hydrogen (secondary N) is 1. The predicted octanol–water partition coefficient (Wildman–Crippen LogP) is 2.34. The molecule has 0 heterocycles. The number of hydrogen-bond donors (Lipinski definition) is 1. The second-order valence-electron chi connectivity index (χ2n) is 4.72. The third-order valence-electron chi connectivity index (χ3n) is 3.09. The zero-order chi connectivity index (χ0) is 16.7. The molecule has 0 bridgehead atoms. The molecule has 0 aliphatic heterocycles. The van der Waals surface area contributed by atoms with E-state index in [0.717, 1.165) is 5.56 Å². The van der Waals surface area contributed by atoms with E-state index in [1.807, 2.05) is 0 Å². The molecular formula is C17H16FNO4. The Balaban J connectivity index is 1.86. The van der Waals surface area contributed by atoms with Gasteiger partial charge in [-0.15, -0.1) is 0 Å². The lowest BCUT2D eigenvalue weighted by molar-refractivity contribution is -0.123. The number of rotatable bonds is 7. The minimum atomic E-state index is -0.325. The van der Waals surface area contributed by atoms with Crippen LogP contribution in [0.25, 0.3) is 0 Å². The molecule has 0 atom stereocenters. The predicted molar refractivity (Wildman–Crippen MR) is 82.1 cm³/mol. The van der Waals surface area contributed by atoms with Crippen LogP contribution in [-0.4, -0.2) is 25.9 Å². The van der Waals surface area contributed by atoms with Crippen molar-refractivity contribution in [3.63, 3.8) is 0 Å². The van der Waals surface area contributed by atoms with Crippen LogP contribution < -0.4 is 14.8 Å². The van der Waals surface area contributed by atoms with Crippen LogP contribution in [0.5, 0.6) is 11.5 Å². The summed E-state index contributed by atoms with van der Waals surface area (Å²) in [7, 11) is 1.45. The monoisotopic (exact) mass is 317 g/mol. The molecule has 0 aliphatic rings. The summed E-state index contributed by atoms with van der Waals surface area (Å²) >= 11 is 0. The van der Waals surface area contributed by atoms with Crippen molar-refractivity contribution in [2.45, 2.75) is 6.54 Å². The minimum Gasteiger partial charge on any atom is -0.493 e. The molecule has 1 amide bonds. The van der Waals surface area contributed by atoms with Crippen LogP contribution in [-0.2, 0) is 11.3 Å². The molecule has 120 valence electrons. The lowest BCUT2D eigenvalue weighted by Crippen LogP contribution is -2.28. The number of hydrogen-bond acceptors (Lipinski definition) is 4. The molecule has 2 aromatic carbocycles. The van der Waals surface area contributed by atoms with Crippen molar-refractivity contribution in [3.8, 4) is 11.5 Å². The van der Waals surface area contributed by atoms with Crippen molar-refractivity contribution in [1.82, 2.24) is 5.32 Å². The van der Waals surface area contributed by atoms with Gasteiger partial charge in [-0.25, -0.2) is 4.39 Å². The molecule has 0 aromatic heterocycles. The van der Waals surface area contributed by atoms with E-state index in [9.17, 15) is 14.0 Å². The maximum absolute atomic E-state index is 12.8. The van der Waals surface area contributed by atoms with Gasteiger partial charge in [-0.1, -0.05) is 12.1 Å². The van der Waals surface area contributed by atoms with Crippen LogP contribution >= 0.6 is 0 Å². The highest BCUT2D eigenvalue weighted by molar-refractivity contribution is 5.78. The Kier molecular flexibility index (Phi) is 5.68. The largest absolute Gasteiger partial charge is 0.493 e. The maximum Gasteiger partial charge on any atom is 0.258 e. The molecule has 0 spiro atoms. The van der Waals surface area contributed by atoms with Crippen LogP contribution in [0.4, 0.5) is 4.39 Å². The maximum atomic E-state index is 12.8. The molecule has 0 saturated heterocycles. The van der Waals surface area contributed by atoms with Crippen LogP contribution in [0.3, 0.4) is 0 Å². The van der Waals surface area contributed by atoms with Gasteiger partial charge in [0.15, 0.2) is 18.1 Å². The van der Waals surface area contributed by atoms with E-state index in [4.69, 9.17) is 9.47 Å². The van der Waals surface area contributed by atoms with Gasteiger partial charge in [-0.3, -0.25) is 9.59 Å². The van der Waals surface area contributed by atoms with Crippen LogP contribution in [0, 0.1) is 5.82 Å². The molecule has 6 heteroatoms. The molecule has 23 heavy (non-hydrogen) atoms. The van der Waals surface area contributed by atoms with Gasteiger partial charge in [0, 0.05) is 12.1 Å². The zero-order valence-corrected chi connectivity index (χ0v) is 12.5. The normalized spacial score (nSPS) is 10.0. The highest BCUT2D eigenvalue weighted by atomic mass is 19.1. The lowest BCUT2D eigenvalue weighted by Gasteiger charge is -2.11. The van der Waals surface area contributed by atoms with Crippen molar-refractivity contribution in [2.75, 3.05) is 13.7 Å². The van der Waals surface area contributed by atoms with Gasteiger partial charge in [-0.05, 0) is 35.9 Å². The molecule has 0 fully saturated rings. The van der Waals surface area contributed by atoms with E-state index in [1.54, 1.807) is 24.3 Å². The quantitative estimate of drug-likeness (QED) is 0.796. The summed E-state index contributed by atoms with van der Waals surface area (Å²) in [6.07, 6.45) is 0.696. The first-order chi connectivity index (χ1) is 11.1. The van der Waals surface area contributed by atoms with E-state index in [-0.39, 0.29) is 24.9 Å². The number of halogens is 1. The second kappa shape index (κ2) is 7.93. The Hall–Kier alpha value is -2.89. The van der Waals surface area contributed by atoms with Crippen LogP contribution in [0.2, 0.25) is 0 Å². The van der Waals surface area contributed by atoms with E-state index in [0.29, 0.717) is 23.3 Å². The average Bonchev–Trinajstić information content (AvgIpc) is 2.59. The molecule has 0 radical (unpaired) electrons. The fourth-order valence-corrected chi connectivity index (χ4v) is 1.87. The summed E-state index contributed by atoms with van der Waals surface area (Å²) < 4.78 is 23.3. The molecule has 1 N–H and O–H groups in total. The van der Waals surface area contributed by atoms with Gasteiger partial charge in [0.2, 0.25) is 0 Å². The molecule has 5 nitrogen and oxygen atoms in total. The number of carbonyl (C=O) groups is 2. The Morgan fingerprint density at radius 1 is 1.17 bits per heavy atom. The van der Waals surface area contributed by atoms with E-state index < -0.39 is 0 Å². The molecule has 0 aliphatic carbocycles. The summed E-state index contributed by atoms with van der Waals surface area (Å²) in [5.41, 5.74) is 1.24. The van der Waals surface area contributed by atoms with Gasteiger partial charge in [0.1, 0.15) is 12.1 Å². The van der Waals surface area contributed by atoms with Crippen LogP contribution in [0.1, 0.15) is 15.9 Å². The Morgan fingerprint density at radius 3 is 2.57 bits per heavy atom. The van der Waals surface area contributed by atoms with Gasteiger partial charge >= 0.3 is 0 Å². The zero-order valence-electron chi connectivity index (χ0n) is 12.5. The average molecular weight is 317 g/mol. The van der Waals surface area contributed by atoms with Gasteiger partial charge in [-0.2, -0.15) is 0 Å². The first kappa shape index (κ1) is 16.5.